The number of ether oxygens (including phenoxy) is 4. The minimum Gasteiger partial charge on any atom is -0.507 e. The van der Waals surface area contributed by atoms with Gasteiger partial charge < -0.3 is 29.2 Å². The van der Waals surface area contributed by atoms with Crippen LogP contribution in [-0.2, 0) is 15.1 Å². The van der Waals surface area contributed by atoms with Gasteiger partial charge in [0.1, 0.15) is 28.6 Å². The van der Waals surface area contributed by atoms with Crippen molar-refractivity contribution >= 4 is 17.3 Å². The lowest BCUT2D eigenvalue weighted by molar-refractivity contribution is -0.0133. The van der Waals surface area contributed by atoms with Gasteiger partial charge in [-0.05, 0) is 62.6 Å². The Labute approximate surface area is 242 Å². The Morgan fingerprint density at radius 3 is 2.24 bits per heavy atom. The molecule has 1 unspecified atom stereocenters. The van der Waals surface area contributed by atoms with Gasteiger partial charge in [0.2, 0.25) is 5.78 Å². The molecular formula is C33H30O9. The van der Waals surface area contributed by atoms with Gasteiger partial charge in [0.25, 0.3) is 0 Å². The van der Waals surface area contributed by atoms with Gasteiger partial charge in [0.15, 0.2) is 11.6 Å². The molecule has 0 aromatic heterocycles. The van der Waals surface area contributed by atoms with Gasteiger partial charge in [0.05, 0.1) is 43.1 Å². The van der Waals surface area contributed by atoms with Crippen LogP contribution < -0.4 is 9.47 Å². The summed E-state index contributed by atoms with van der Waals surface area (Å²) in [5.74, 6) is -1.70. The number of benzene rings is 3. The molecule has 1 heterocycles. The molecule has 0 bridgehead atoms. The third kappa shape index (κ3) is 3.53. The molecule has 0 saturated carbocycles. The minimum absolute atomic E-state index is 0.00301. The smallest absolute Gasteiger partial charge is 0.201 e. The van der Waals surface area contributed by atoms with Crippen LogP contribution in [0.1, 0.15) is 79.2 Å². The number of carbonyl (C=O) groups excluding carboxylic acids is 3. The standard InChI is InChI=1S/C33H30O9/c1-14-9-19-26(23(34)10-14)32(38)27-18(29(19)35)7-8-20(30(27)36)33(41-6)21-11-15(2)42-16(3)25(21)31(37)28-22(33)12-17(39-4)13-24(28)40-5/h7-10,12-13,15-16,34,36H,11H2,1-6H3/t15-,16+,33?/m0/s1. The number of fused-ring (bicyclic) bond motifs is 3. The van der Waals surface area contributed by atoms with Crippen LogP contribution in [0.15, 0.2) is 47.5 Å². The van der Waals surface area contributed by atoms with E-state index in [0.29, 0.717) is 28.0 Å². The first-order chi connectivity index (χ1) is 20.0. The third-order valence-corrected chi connectivity index (χ3v) is 8.54. The van der Waals surface area contributed by atoms with E-state index in [4.69, 9.17) is 18.9 Å². The van der Waals surface area contributed by atoms with E-state index in [1.165, 1.54) is 33.5 Å². The second-order valence-electron chi connectivity index (χ2n) is 10.9. The molecule has 0 radical (unpaired) electrons. The third-order valence-electron chi connectivity index (χ3n) is 8.54. The molecule has 2 N–H and O–H groups in total. The Bertz CT molecular complexity index is 1770. The number of phenols is 2. The van der Waals surface area contributed by atoms with Crippen molar-refractivity contribution in [1.82, 2.24) is 0 Å². The molecule has 3 aromatic carbocycles. The van der Waals surface area contributed by atoms with Crippen molar-refractivity contribution in [1.29, 1.82) is 0 Å². The lowest BCUT2D eigenvalue weighted by Crippen LogP contribution is -2.46. The number of Topliss-reactive ketones (excluding diaryl/α,β-unsaturated/α-hetero) is 1. The number of ketones is 3. The number of hydrogen-bond donors (Lipinski definition) is 2. The molecule has 2 aliphatic carbocycles. The summed E-state index contributed by atoms with van der Waals surface area (Å²) in [5.41, 5.74) is 0.319. The fourth-order valence-corrected chi connectivity index (χ4v) is 6.84. The van der Waals surface area contributed by atoms with Gasteiger partial charge in [-0.2, -0.15) is 0 Å². The van der Waals surface area contributed by atoms with Crippen molar-refractivity contribution in [2.24, 2.45) is 0 Å². The molecule has 0 saturated heterocycles. The van der Waals surface area contributed by atoms with Crippen molar-refractivity contribution in [3.63, 3.8) is 0 Å². The Balaban J connectivity index is 1.72. The van der Waals surface area contributed by atoms with E-state index in [2.05, 4.69) is 0 Å². The van der Waals surface area contributed by atoms with E-state index in [1.54, 1.807) is 38.1 Å². The number of aryl methyl sites for hydroxylation is 1. The summed E-state index contributed by atoms with van der Waals surface area (Å²) in [7, 11) is 4.38. The highest BCUT2D eigenvalue weighted by atomic mass is 16.5. The lowest BCUT2D eigenvalue weighted by Gasteiger charge is -2.46. The zero-order valence-electron chi connectivity index (χ0n) is 24.1. The topological polar surface area (TPSA) is 129 Å². The van der Waals surface area contributed by atoms with Crippen molar-refractivity contribution in [2.75, 3.05) is 21.3 Å². The summed E-state index contributed by atoms with van der Waals surface area (Å²) >= 11 is 0. The molecule has 42 heavy (non-hydrogen) atoms. The van der Waals surface area contributed by atoms with E-state index in [1.807, 2.05) is 6.92 Å². The van der Waals surface area contributed by atoms with Gasteiger partial charge in [-0.15, -0.1) is 0 Å². The van der Waals surface area contributed by atoms with Crippen LogP contribution >= 0.6 is 0 Å². The molecule has 3 aromatic rings. The predicted molar refractivity (Wildman–Crippen MR) is 151 cm³/mol. The molecule has 0 amide bonds. The highest BCUT2D eigenvalue weighted by Gasteiger charge is 2.53. The van der Waals surface area contributed by atoms with Crippen LogP contribution in [0, 0.1) is 6.92 Å². The zero-order valence-corrected chi connectivity index (χ0v) is 24.1. The molecule has 3 atom stereocenters. The highest BCUT2D eigenvalue weighted by molar-refractivity contribution is 6.30. The SMILES string of the molecule is COc1cc(OC)c2c(c1)C(OC)(c1ccc3c(c1O)C(=O)c1c(O)cc(C)cc1C3=O)C1=C(C2=O)[C@@H](C)O[C@@H](C)C1. The average Bonchev–Trinajstić information content (AvgIpc) is 2.95. The quantitative estimate of drug-likeness (QED) is 0.356. The molecule has 0 spiro atoms. The van der Waals surface area contributed by atoms with E-state index in [0.717, 1.165) is 0 Å². The fourth-order valence-electron chi connectivity index (χ4n) is 6.84. The molecule has 9 nitrogen and oxygen atoms in total. The van der Waals surface area contributed by atoms with E-state index < -0.39 is 29.0 Å². The molecular weight excluding hydrogens is 540 g/mol. The molecule has 3 aliphatic rings. The molecule has 216 valence electrons. The number of rotatable bonds is 4. The van der Waals surface area contributed by atoms with Crippen LogP contribution in [0.2, 0.25) is 0 Å². The normalized spacial score (nSPS) is 22.8. The van der Waals surface area contributed by atoms with E-state index in [9.17, 15) is 24.6 Å². The second kappa shape index (κ2) is 9.54. The Morgan fingerprint density at radius 2 is 1.57 bits per heavy atom. The van der Waals surface area contributed by atoms with Crippen molar-refractivity contribution in [2.45, 2.75) is 45.0 Å². The average molecular weight is 571 g/mol. The Morgan fingerprint density at radius 1 is 0.833 bits per heavy atom. The number of phenolic OH excluding ortho intramolecular Hbond substituents is 2. The van der Waals surface area contributed by atoms with Crippen LogP contribution in [-0.4, -0.2) is 61.1 Å². The summed E-state index contributed by atoms with van der Waals surface area (Å²) in [6.07, 6.45) is -0.629. The van der Waals surface area contributed by atoms with Crippen molar-refractivity contribution in [3.05, 3.63) is 92.1 Å². The Kier molecular flexibility index (Phi) is 6.29. The maximum absolute atomic E-state index is 14.1. The number of aromatic hydroxyl groups is 2. The fraction of sp³-hybridized carbons (Fsp3) is 0.303. The van der Waals surface area contributed by atoms with Gasteiger partial charge in [-0.25, -0.2) is 0 Å². The predicted octanol–water partition coefficient (Wildman–Crippen LogP) is 4.78. The molecule has 1 aliphatic heterocycles. The maximum atomic E-state index is 14.1. The molecule has 9 heteroatoms. The first-order valence-corrected chi connectivity index (χ1v) is 13.5. The monoisotopic (exact) mass is 570 g/mol. The van der Waals surface area contributed by atoms with E-state index >= 15 is 0 Å². The van der Waals surface area contributed by atoms with Crippen molar-refractivity contribution < 1.29 is 43.5 Å². The zero-order chi connectivity index (χ0) is 30.2. The van der Waals surface area contributed by atoms with E-state index in [-0.39, 0.29) is 63.2 Å². The molecule has 6 rings (SSSR count). The van der Waals surface area contributed by atoms with Gasteiger partial charge in [-0.1, -0.05) is 6.07 Å². The summed E-state index contributed by atoms with van der Waals surface area (Å²) in [6.45, 7) is 5.37. The summed E-state index contributed by atoms with van der Waals surface area (Å²) in [6, 6.07) is 9.22. The minimum atomic E-state index is -1.59. The first kappa shape index (κ1) is 27.7. The molecule has 0 fully saturated rings. The summed E-state index contributed by atoms with van der Waals surface area (Å²) in [4.78, 5) is 41.5. The highest BCUT2D eigenvalue weighted by Crippen LogP contribution is 2.56. The van der Waals surface area contributed by atoms with Crippen LogP contribution in [0.4, 0.5) is 0 Å². The number of methoxy groups -OCH3 is 3. The largest absolute Gasteiger partial charge is 0.507 e. The van der Waals surface area contributed by atoms with Crippen LogP contribution in [0.25, 0.3) is 0 Å². The van der Waals surface area contributed by atoms with Gasteiger partial charge >= 0.3 is 0 Å². The second-order valence-corrected chi connectivity index (χ2v) is 10.9. The Hall–Kier alpha value is -4.47. The number of hydrogen-bond acceptors (Lipinski definition) is 9. The lowest BCUT2D eigenvalue weighted by atomic mass is 9.66. The summed E-state index contributed by atoms with van der Waals surface area (Å²) in [5, 5.41) is 22.7. The maximum Gasteiger partial charge on any atom is 0.201 e. The van der Waals surface area contributed by atoms with Crippen molar-refractivity contribution in [3.8, 4) is 23.0 Å². The van der Waals surface area contributed by atoms with Crippen LogP contribution in [0.5, 0.6) is 23.0 Å². The van der Waals surface area contributed by atoms with Crippen LogP contribution in [0.3, 0.4) is 0 Å². The van der Waals surface area contributed by atoms with Gasteiger partial charge in [0, 0.05) is 41.0 Å². The van der Waals surface area contributed by atoms with Gasteiger partial charge in [-0.3, -0.25) is 14.4 Å². The summed E-state index contributed by atoms with van der Waals surface area (Å²) < 4.78 is 23.6. The first-order valence-electron chi connectivity index (χ1n) is 13.5. The number of carbonyl (C=O) groups is 3.